The predicted octanol–water partition coefficient (Wildman–Crippen LogP) is 8.84. The largest absolute Gasteiger partial charge is 0.326 e. The molecule has 2 aromatic heterocycles. The lowest BCUT2D eigenvalue weighted by molar-refractivity contribution is 0.785. The van der Waals surface area contributed by atoms with Crippen LogP contribution >= 0.6 is 0 Å². The number of benzene rings is 5. The first-order valence-electron chi connectivity index (χ1n) is 14.2. The van der Waals surface area contributed by atoms with E-state index in [-0.39, 0.29) is 0 Å². The summed E-state index contributed by atoms with van der Waals surface area (Å²) in [6, 6.07) is 50.8. The summed E-state index contributed by atoms with van der Waals surface area (Å²) in [7, 11) is 0. The molecule has 4 heteroatoms. The molecule has 42 heavy (non-hydrogen) atoms. The summed E-state index contributed by atoms with van der Waals surface area (Å²) in [6.07, 6.45) is 3.93. The van der Waals surface area contributed by atoms with Crippen molar-refractivity contribution >= 4 is 0 Å². The molecule has 0 aliphatic heterocycles. The normalized spacial score (nSPS) is 11.0. The van der Waals surface area contributed by atoms with Crippen LogP contribution in [0.1, 0.15) is 11.1 Å². The molecule has 0 amide bonds. The van der Waals surface area contributed by atoms with Gasteiger partial charge in [0.05, 0.1) is 35.4 Å². The zero-order valence-corrected chi connectivity index (χ0v) is 23.2. The van der Waals surface area contributed by atoms with Crippen molar-refractivity contribution in [1.29, 1.82) is 0 Å². The van der Waals surface area contributed by atoms with E-state index >= 15 is 0 Å². The van der Waals surface area contributed by atoms with Crippen molar-refractivity contribution in [3.63, 3.8) is 0 Å². The van der Waals surface area contributed by atoms with Gasteiger partial charge in [-0.15, -0.1) is 0 Å². The van der Waals surface area contributed by atoms with Gasteiger partial charge < -0.3 is 9.13 Å². The van der Waals surface area contributed by atoms with E-state index in [2.05, 4.69) is 143 Å². The molecule has 0 radical (unpaired) electrons. The third kappa shape index (κ3) is 5.18. The summed E-state index contributed by atoms with van der Waals surface area (Å²) in [4.78, 5) is 9.75. The van der Waals surface area contributed by atoms with Crippen LogP contribution in [0.5, 0.6) is 0 Å². The van der Waals surface area contributed by atoms with Crippen LogP contribution in [0.2, 0.25) is 0 Å². The van der Waals surface area contributed by atoms with Crippen LogP contribution in [0.3, 0.4) is 0 Å². The standard InChI is InChI=1S/C38H30N4/c1-5-16-31(17-6-1)35-37(33-20-9-3-10-21-33)41(27-39-35)25-29-14-13-15-30(24-29)26-42-28-40-36(32-18-7-2-8-19-32)38(42)34-22-11-4-12-23-34/h1-24,27-28H,25-26H2. The first-order chi connectivity index (χ1) is 20.8. The molecule has 0 fully saturated rings. The molecule has 7 rings (SSSR count). The molecular formula is C38H30N4. The van der Waals surface area contributed by atoms with Gasteiger partial charge in [0.25, 0.3) is 0 Å². The van der Waals surface area contributed by atoms with Gasteiger partial charge in [-0.2, -0.15) is 0 Å². The van der Waals surface area contributed by atoms with Crippen LogP contribution in [-0.2, 0) is 13.1 Å². The third-order valence-electron chi connectivity index (χ3n) is 7.56. The van der Waals surface area contributed by atoms with Gasteiger partial charge in [0.15, 0.2) is 0 Å². The molecule has 7 aromatic rings. The molecule has 0 N–H and O–H groups in total. The van der Waals surface area contributed by atoms with Crippen molar-refractivity contribution in [1.82, 2.24) is 19.1 Å². The minimum absolute atomic E-state index is 0.725. The summed E-state index contributed by atoms with van der Waals surface area (Å²) in [5.41, 5.74) is 11.3. The number of hydrogen-bond donors (Lipinski definition) is 0. The number of rotatable bonds is 8. The van der Waals surface area contributed by atoms with Crippen LogP contribution in [0.25, 0.3) is 45.0 Å². The molecule has 0 atom stereocenters. The van der Waals surface area contributed by atoms with Gasteiger partial charge in [-0.1, -0.05) is 146 Å². The Hall–Kier alpha value is -5.48. The smallest absolute Gasteiger partial charge is 0.0963 e. The Bertz CT molecular complexity index is 1770. The van der Waals surface area contributed by atoms with Crippen molar-refractivity contribution in [3.8, 4) is 45.0 Å². The number of nitrogens with zero attached hydrogens (tertiary/aromatic N) is 4. The molecular weight excluding hydrogens is 512 g/mol. The van der Waals surface area contributed by atoms with Gasteiger partial charge in [-0.3, -0.25) is 0 Å². The average Bonchev–Trinajstić information content (AvgIpc) is 3.67. The average molecular weight is 543 g/mol. The maximum atomic E-state index is 4.88. The SMILES string of the molecule is c1ccc(-c2ncn(Cc3cccc(Cn4cnc(-c5ccccc5)c4-c4ccccc4)c3)c2-c2ccccc2)cc1. The van der Waals surface area contributed by atoms with Crippen LogP contribution in [0, 0.1) is 0 Å². The Morgan fingerprint density at radius 1 is 0.381 bits per heavy atom. The lowest BCUT2D eigenvalue weighted by atomic mass is 10.0. The number of imidazole rings is 2. The van der Waals surface area contributed by atoms with Crippen LogP contribution < -0.4 is 0 Å². The Kier molecular flexibility index (Phi) is 7.01. The molecule has 0 bridgehead atoms. The maximum Gasteiger partial charge on any atom is 0.0963 e. The molecule has 0 saturated carbocycles. The van der Waals surface area contributed by atoms with Crippen LogP contribution in [0.4, 0.5) is 0 Å². The highest BCUT2D eigenvalue weighted by molar-refractivity contribution is 5.79. The number of hydrogen-bond acceptors (Lipinski definition) is 2. The van der Waals surface area contributed by atoms with Crippen molar-refractivity contribution in [2.75, 3.05) is 0 Å². The third-order valence-corrected chi connectivity index (χ3v) is 7.56. The van der Waals surface area contributed by atoms with E-state index in [0.29, 0.717) is 0 Å². The summed E-state index contributed by atoms with van der Waals surface area (Å²) in [6.45, 7) is 1.45. The second-order valence-electron chi connectivity index (χ2n) is 10.4. The highest BCUT2D eigenvalue weighted by atomic mass is 15.1. The summed E-state index contributed by atoms with van der Waals surface area (Å²) >= 11 is 0. The van der Waals surface area contributed by atoms with Gasteiger partial charge in [0.2, 0.25) is 0 Å². The summed E-state index contributed by atoms with van der Waals surface area (Å²) in [5, 5.41) is 0. The molecule has 5 aromatic carbocycles. The second kappa shape index (κ2) is 11.6. The first-order valence-corrected chi connectivity index (χ1v) is 14.2. The van der Waals surface area contributed by atoms with E-state index in [1.165, 1.54) is 11.1 Å². The lowest BCUT2D eigenvalue weighted by Crippen LogP contribution is -2.04. The Balaban J connectivity index is 1.23. The minimum atomic E-state index is 0.725. The molecule has 0 aliphatic carbocycles. The monoisotopic (exact) mass is 542 g/mol. The van der Waals surface area contributed by atoms with Gasteiger partial charge in [-0.25, -0.2) is 9.97 Å². The maximum absolute atomic E-state index is 4.88. The highest BCUT2D eigenvalue weighted by Gasteiger charge is 2.17. The molecule has 0 aliphatic rings. The molecule has 202 valence electrons. The first kappa shape index (κ1) is 25.5. The lowest BCUT2D eigenvalue weighted by Gasteiger charge is -2.14. The van der Waals surface area contributed by atoms with Gasteiger partial charge in [0.1, 0.15) is 0 Å². The number of aromatic nitrogens is 4. The van der Waals surface area contributed by atoms with E-state index in [1.54, 1.807) is 0 Å². The summed E-state index contributed by atoms with van der Waals surface area (Å²) in [5.74, 6) is 0. The van der Waals surface area contributed by atoms with E-state index in [9.17, 15) is 0 Å². The van der Waals surface area contributed by atoms with E-state index in [1.807, 2.05) is 24.8 Å². The van der Waals surface area contributed by atoms with Crippen LogP contribution in [0.15, 0.2) is 158 Å². The zero-order valence-electron chi connectivity index (χ0n) is 23.2. The van der Waals surface area contributed by atoms with Gasteiger partial charge >= 0.3 is 0 Å². The predicted molar refractivity (Wildman–Crippen MR) is 171 cm³/mol. The summed E-state index contributed by atoms with van der Waals surface area (Å²) < 4.78 is 4.52. The van der Waals surface area contributed by atoms with Crippen LogP contribution in [-0.4, -0.2) is 19.1 Å². The Morgan fingerprint density at radius 3 is 1.12 bits per heavy atom. The Labute approximate surface area is 246 Å². The fourth-order valence-corrected chi connectivity index (χ4v) is 5.64. The van der Waals surface area contributed by atoms with Crippen molar-refractivity contribution in [3.05, 3.63) is 169 Å². The van der Waals surface area contributed by atoms with Crippen molar-refractivity contribution in [2.24, 2.45) is 0 Å². The van der Waals surface area contributed by atoms with Crippen molar-refractivity contribution < 1.29 is 0 Å². The van der Waals surface area contributed by atoms with E-state index < -0.39 is 0 Å². The van der Waals surface area contributed by atoms with E-state index in [0.717, 1.165) is 58.1 Å². The fraction of sp³-hybridized carbons (Fsp3) is 0.0526. The molecule has 0 spiro atoms. The Morgan fingerprint density at radius 2 is 0.738 bits per heavy atom. The van der Waals surface area contributed by atoms with Gasteiger partial charge in [0, 0.05) is 35.3 Å². The fourth-order valence-electron chi connectivity index (χ4n) is 5.64. The van der Waals surface area contributed by atoms with Crippen molar-refractivity contribution in [2.45, 2.75) is 13.1 Å². The molecule has 2 heterocycles. The molecule has 4 nitrogen and oxygen atoms in total. The second-order valence-corrected chi connectivity index (χ2v) is 10.4. The highest BCUT2D eigenvalue weighted by Crippen LogP contribution is 2.33. The van der Waals surface area contributed by atoms with E-state index in [4.69, 9.17) is 9.97 Å². The molecule has 0 saturated heterocycles. The zero-order chi connectivity index (χ0) is 28.1. The molecule has 0 unspecified atom stereocenters. The topological polar surface area (TPSA) is 35.6 Å². The quantitative estimate of drug-likeness (QED) is 0.192. The minimum Gasteiger partial charge on any atom is -0.326 e. The van der Waals surface area contributed by atoms with Gasteiger partial charge in [-0.05, 0) is 11.1 Å².